The van der Waals surface area contributed by atoms with Gasteiger partial charge in [-0.15, -0.1) is 0 Å². The molecule has 0 saturated heterocycles. The molecule has 0 fully saturated rings. The van der Waals surface area contributed by atoms with Crippen LogP contribution in [-0.4, -0.2) is 21.7 Å². The van der Waals surface area contributed by atoms with Crippen LogP contribution in [0.5, 0.6) is 0 Å². The van der Waals surface area contributed by atoms with E-state index in [-0.39, 0.29) is 23.3 Å². The van der Waals surface area contributed by atoms with Gasteiger partial charge in [0.1, 0.15) is 5.69 Å². The van der Waals surface area contributed by atoms with Crippen molar-refractivity contribution in [3.05, 3.63) is 77.6 Å². The van der Waals surface area contributed by atoms with Crippen LogP contribution in [0.3, 0.4) is 0 Å². The summed E-state index contributed by atoms with van der Waals surface area (Å²) in [6.07, 6.45) is 2.34. The second-order valence-electron chi connectivity index (χ2n) is 5.99. The lowest BCUT2D eigenvalue weighted by Crippen LogP contribution is -2.15. The van der Waals surface area contributed by atoms with E-state index in [0.717, 1.165) is 17.7 Å². The minimum Gasteiger partial charge on any atom is -0.324 e. The molecule has 0 bridgehead atoms. The molecule has 0 aliphatic heterocycles. The summed E-state index contributed by atoms with van der Waals surface area (Å²) < 4.78 is 0. The topological polar surface area (TPSA) is 84.0 Å². The molecule has 136 valence electrons. The quantitative estimate of drug-likeness (QED) is 0.643. The predicted octanol–water partition coefficient (Wildman–Crippen LogP) is 4.24. The molecule has 2 aromatic carbocycles. The summed E-state index contributed by atoms with van der Waals surface area (Å²) in [5.74, 6) is -0.0479. The highest BCUT2D eigenvalue weighted by molar-refractivity contribution is 6.03. The molecule has 1 amide bonds. The number of aromatic nitrogens is 2. The number of para-hydroxylation sites is 1. The van der Waals surface area contributed by atoms with E-state index in [1.165, 1.54) is 13.1 Å². The van der Waals surface area contributed by atoms with Gasteiger partial charge in [-0.3, -0.25) is 9.59 Å². The third-order valence-electron chi connectivity index (χ3n) is 4.06. The summed E-state index contributed by atoms with van der Waals surface area (Å²) in [5.41, 5.74) is 3.34. The minimum absolute atomic E-state index is 0.0257. The number of amides is 1. The Morgan fingerprint density at radius 1 is 1.04 bits per heavy atom. The Morgan fingerprint density at radius 3 is 2.63 bits per heavy atom. The van der Waals surface area contributed by atoms with Crippen molar-refractivity contribution in [1.29, 1.82) is 0 Å². The Bertz CT molecular complexity index is 985. The first-order valence-corrected chi connectivity index (χ1v) is 8.67. The number of hydrogen-bond donors (Lipinski definition) is 2. The largest absolute Gasteiger partial charge is 0.324 e. The Kier molecular flexibility index (Phi) is 5.56. The molecule has 0 atom stereocenters. The molecule has 0 aliphatic carbocycles. The number of carbonyl (C=O) groups excluding carboxylic acids is 2. The number of carbonyl (C=O) groups is 2. The zero-order valence-corrected chi connectivity index (χ0v) is 15.2. The maximum Gasteiger partial charge on any atom is 0.274 e. The molecule has 0 spiro atoms. The zero-order chi connectivity index (χ0) is 19.2. The number of anilines is 3. The molecule has 6 heteroatoms. The molecule has 3 rings (SSSR count). The van der Waals surface area contributed by atoms with E-state index in [0.29, 0.717) is 11.3 Å². The summed E-state index contributed by atoms with van der Waals surface area (Å²) in [6, 6.07) is 16.3. The van der Waals surface area contributed by atoms with Crippen LogP contribution in [-0.2, 0) is 6.42 Å². The Morgan fingerprint density at radius 2 is 1.85 bits per heavy atom. The van der Waals surface area contributed by atoms with Crippen molar-refractivity contribution in [3.63, 3.8) is 0 Å². The SMILES string of the molecule is CCc1ccccc1NC(=O)c1ccnc(Nc2cccc(C(C)=O)c2)n1. The van der Waals surface area contributed by atoms with Gasteiger partial charge in [0, 0.05) is 23.1 Å². The van der Waals surface area contributed by atoms with Gasteiger partial charge in [0.05, 0.1) is 0 Å². The van der Waals surface area contributed by atoms with E-state index in [1.807, 2.05) is 31.2 Å². The number of hydrogen-bond acceptors (Lipinski definition) is 5. The average Bonchev–Trinajstić information content (AvgIpc) is 2.69. The molecule has 27 heavy (non-hydrogen) atoms. The lowest BCUT2D eigenvalue weighted by Gasteiger charge is -2.10. The predicted molar refractivity (Wildman–Crippen MR) is 106 cm³/mol. The summed E-state index contributed by atoms with van der Waals surface area (Å²) in [5, 5.41) is 5.92. The molecule has 0 radical (unpaired) electrons. The van der Waals surface area contributed by atoms with Gasteiger partial charge in [-0.2, -0.15) is 0 Å². The van der Waals surface area contributed by atoms with Crippen LogP contribution in [0.2, 0.25) is 0 Å². The smallest absolute Gasteiger partial charge is 0.274 e. The average molecular weight is 360 g/mol. The van der Waals surface area contributed by atoms with Gasteiger partial charge in [0.2, 0.25) is 5.95 Å². The maximum absolute atomic E-state index is 12.6. The lowest BCUT2D eigenvalue weighted by atomic mass is 10.1. The molecular weight excluding hydrogens is 340 g/mol. The number of aryl methyl sites for hydroxylation is 1. The molecule has 0 saturated carbocycles. The van der Waals surface area contributed by atoms with Crippen molar-refractivity contribution in [1.82, 2.24) is 9.97 Å². The van der Waals surface area contributed by atoms with E-state index in [1.54, 1.807) is 30.3 Å². The van der Waals surface area contributed by atoms with Crippen molar-refractivity contribution in [3.8, 4) is 0 Å². The van der Waals surface area contributed by atoms with Crippen molar-refractivity contribution >= 4 is 29.0 Å². The highest BCUT2D eigenvalue weighted by atomic mass is 16.2. The Balaban J connectivity index is 1.78. The highest BCUT2D eigenvalue weighted by Crippen LogP contribution is 2.18. The van der Waals surface area contributed by atoms with Crippen LogP contribution in [0, 0.1) is 0 Å². The van der Waals surface area contributed by atoms with Gasteiger partial charge in [0.25, 0.3) is 5.91 Å². The number of benzene rings is 2. The fourth-order valence-corrected chi connectivity index (χ4v) is 2.63. The van der Waals surface area contributed by atoms with Crippen LogP contribution in [0.4, 0.5) is 17.3 Å². The molecule has 3 aromatic rings. The van der Waals surface area contributed by atoms with Crippen LogP contribution < -0.4 is 10.6 Å². The lowest BCUT2D eigenvalue weighted by molar-refractivity contribution is 0.101. The zero-order valence-electron chi connectivity index (χ0n) is 15.2. The molecular formula is C21H20N4O2. The summed E-state index contributed by atoms with van der Waals surface area (Å²) in [4.78, 5) is 32.5. The molecule has 0 unspecified atom stereocenters. The Labute approximate surface area is 157 Å². The van der Waals surface area contributed by atoms with E-state index in [2.05, 4.69) is 20.6 Å². The molecule has 1 heterocycles. The summed E-state index contributed by atoms with van der Waals surface area (Å²) in [7, 11) is 0. The van der Waals surface area contributed by atoms with Crippen LogP contribution in [0.15, 0.2) is 60.8 Å². The molecule has 1 aromatic heterocycles. The standard InChI is InChI=1S/C21H20N4O2/c1-3-15-7-4-5-10-18(15)24-20(27)19-11-12-22-21(25-19)23-17-9-6-8-16(13-17)14(2)26/h4-13H,3H2,1-2H3,(H,24,27)(H,22,23,25). The first kappa shape index (κ1) is 18.3. The summed E-state index contributed by atoms with van der Waals surface area (Å²) >= 11 is 0. The van der Waals surface area contributed by atoms with E-state index in [4.69, 9.17) is 0 Å². The van der Waals surface area contributed by atoms with Gasteiger partial charge in [-0.05, 0) is 43.2 Å². The van der Waals surface area contributed by atoms with Gasteiger partial charge in [-0.1, -0.05) is 37.3 Å². The van der Waals surface area contributed by atoms with Crippen molar-refractivity contribution in [2.45, 2.75) is 20.3 Å². The van der Waals surface area contributed by atoms with E-state index < -0.39 is 0 Å². The van der Waals surface area contributed by atoms with Crippen molar-refractivity contribution in [2.24, 2.45) is 0 Å². The van der Waals surface area contributed by atoms with Gasteiger partial charge in [0.15, 0.2) is 5.78 Å². The van der Waals surface area contributed by atoms with Crippen LogP contribution in [0.1, 0.15) is 40.3 Å². The fourth-order valence-electron chi connectivity index (χ4n) is 2.63. The Hall–Kier alpha value is -3.54. The monoisotopic (exact) mass is 360 g/mol. The number of nitrogens with one attached hydrogen (secondary N) is 2. The second kappa shape index (κ2) is 8.23. The van der Waals surface area contributed by atoms with E-state index in [9.17, 15) is 9.59 Å². The first-order chi connectivity index (χ1) is 13.1. The maximum atomic E-state index is 12.6. The minimum atomic E-state index is -0.307. The van der Waals surface area contributed by atoms with Gasteiger partial charge < -0.3 is 10.6 Å². The normalized spacial score (nSPS) is 10.3. The second-order valence-corrected chi connectivity index (χ2v) is 5.99. The third kappa shape index (κ3) is 4.55. The number of Topliss-reactive ketones (excluding diaryl/α,β-unsaturated/α-hetero) is 1. The summed E-state index contributed by atoms with van der Waals surface area (Å²) in [6.45, 7) is 3.54. The first-order valence-electron chi connectivity index (χ1n) is 8.67. The van der Waals surface area contributed by atoms with Crippen LogP contribution in [0.25, 0.3) is 0 Å². The molecule has 6 nitrogen and oxygen atoms in total. The van der Waals surface area contributed by atoms with Crippen LogP contribution >= 0.6 is 0 Å². The highest BCUT2D eigenvalue weighted by Gasteiger charge is 2.11. The number of rotatable bonds is 6. The third-order valence-corrected chi connectivity index (χ3v) is 4.06. The van der Waals surface area contributed by atoms with Gasteiger partial charge in [-0.25, -0.2) is 9.97 Å². The fraction of sp³-hybridized carbons (Fsp3) is 0.143. The van der Waals surface area contributed by atoms with E-state index >= 15 is 0 Å². The van der Waals surface area contributed by atoms with Crippen molar-refractivity contribution in [2.75, 3.05) is 10.6 Å². The molecule has 0 aliphatic rings. The van der Waals surface area contributed by atoms with Crippen molar-refractivity contribution < 1.29 is 9.59 Å². The number of nitrogens with zero attached hydrogens (tertiary/aromatic N) is 2. The molecule has 2 N–H and O–H groups in total. The van der Waals surface area contributed by atoms with Gasteiger partial charge >= 0.3 is 0 Å². The number of ketones is 1.